The van der Waals surface area contributed by atoms with E-state index in [0.29, 0.717) is 25.0 Å². The third-order valence-corrected chi connectivity index (χ3v) is 3.53. The molecule has 0 amide bonds. The van der Waals surface area contributed by atoms with Gasteiger partial charge in [-0.2, -0.15) is 0 Å². The van der Waals surface area contributed by atoms with Gasteiger partial charge in [0.25, 0.3) is 0 Å². The molecule has 3 aromatic rings. The van der Waals surface area contributed by atoms with Gasteiger partial charge >= 0.3 is 0 Å². The zero-order valence-corrected chi connectivity index (χ0v) is 16.5. The zero-order chi connectivity index (χ0) is 17.3. The summed E-state index contributed by atoms with van der Waals surface area (Å²) in [6.07, 6.45) is 1.71. The van der Waals surface area contributed by atoms with Gasteiger partial charge in [0.1, 0.15) is 6.61 Å². The van der Waals surface area contributed by atoms with E-state index in [1.807, 2.05) is 72.8 Å². The number of benzene rings is 2. The molecule has 3 rings (SSSR count). The summed E-state index contributed by atoms with van der Waals surface area (Å²) in [5.74, 6) is 0.923. The summed E-state index contributed by atoms with van der Waals surface area (Å²) >= 11 is 0. The maximum atomic E-state index is 5.95. The molecular weight excluding hydrogens is 439 g/mol. The van der Waals surface area contributed by atoms with Crippen LogP contribution in [-0.2, 0) is 13.2 Å². The second-order valence-electron chi connectivity index (χ2n) is 5.43. The molecular formula is C20H21IN4O. The smallest absolute Gasteiger partial charge is 0.218 e. The molecule has 0 radical (unpaired) electrons. The van der Waals surface area contributed by atoms with Crippen LogP contribution in [-0.4, -0.2) is 10.9 Å². The summed E-state index contributed by atoms with van der Waals surface area (Å²) in [6.45, 7) is 0.857. The van der Waals surface area contributed by atoms with Crippen LogP contribution >= 0.6 is 24.0 Å². The first-order chi connectivity index (χ1) is 12.3. The number of nitrogens with zero attached hydrogens (tertiary/aromatic N) is 2. The molecule has 1 heterocycles. The summed E-state index contributed by atoms with van der Waals surface area (Å²) in [6, 6.07) is 23.5. The number of pyridine rings is 1. The molecule has 0 atom stereocenters. The van der Waals surface area contributed by atoms with Gasteiger partial charge < -0.3 is 15.8 Å². The molecule has 0 aliphatic heterocycles. The Hall–Kier alpha value is -2.61. The van der Waals surface area contributed by atoms with Crippen LogP contribution in [0.3, 0.4) is 0 Å². The number of aliphatic imine (C=N–C) groups is 1. The van der Waals surface area contributed by atoms with Gasteiger partial charge in [-0.1, -0.05) is 54.6 Å². The normalized spacial score (nSPS) is 10.7. The maximum Gasteiger partial charge on any atom is 0.218 e. The van der Waals surface area contributed by atoms with Crippen LogP contribution < -0.4 is 15.8 Å². The predicted octanol–water partition coefficient (Wildman–Crippen LogP) is 4.21. The fraction of sp³-hybridized carbons (Fsp3) is 0.100. The maximum absolute atomic E-state index is 5.95. The van der Waals surface area contributed by atoms with E-state index < -0.39 is 0 Å². The predicted molar refractivity (Wildman–Crippen MR) is 116 cm³/mol. The lowest BCUT2D eigenvalue weighted by atomic mass is 10.2. The Morgan fingerprint density at radius 2 is 1.65 bits per heavy atom. The summed E-state index contributed by atoms with van der Waals surface area (Å²) < 4.78 is 5.83. The molecule has 26 heavy (non-hydrogen) atoms. The van der Waals surface area contributed by atoms with E-state index in [0.717, 1.165) is 16.8 Å². The summed E-state index contributed by atoms with van der Waals surface area (Å²) in [5.41, 5.74) is 8.82. The number of nitrogens with two attached hydrogens (primary N) is 1. The molecule has 0 saturated heterocycles. The molecule has 6 heteroatoms. The second-order valence-corrected chi connectivity index (χ2v) is 5.43. The molecule has 134 valence electrons. The van der Waals surface area contributed by atoms with Gasteiger partial charge in [-0.15, -0.1) is 24.0 Å². The minimum atomic E-state index is 0. The first-order valence-electron chi connectivity index (χ1n) is 8.04. The molecule has 0 aliphatic rings. The fourth-order valence-corrected chi connectivity index (χ4v) is 2.28. The van der Waals surface area contributed by atoms with Gasteiger partial charge in [0, 0.05) is 17.4 Å². The molecule has 1 aromatic heterocycles. The number of hydrogen-bond acceptors (Lipinski definition) is 3. The summed E-state index contributed by atoms with van der Waals surface area (Å²) in [7, 11) is 0. The molecule has 2 aromatic carbocycles. The third-order valence-electron chi connectivity index (χ3n) is 3.53. The van der Waals surface area contributed by atoms with E-state index in [1.54, 1.807) is 6.20 Å². The largest absolute Gasteiger partial charge is 0.473 e. The Morgan fingerprint density at radius 3 is 2.38 bits per heavy atom. The highest BCUT2D eigenvalue weighted by Crippen LogP contribution is 2.17. The number of halogens is 1. The number of guanidine groups is 1. The van der Waals surface area contributed by atoms with E-state index in [1.165, 1.54) is 0 Å². The van der Waals surface area contributed by atoms with Crippen molar-refractivity contribution in [2.24, 2.45) is 10.7 Å². The van der Waals surface area contributed by atoms with Crippen LogP contribution in [0.25, 0.3) is 0 Å². The van der Waals surface area contributed by atoms with Gasteiger partial charge in [-0.25, -0.2) is 9.98 Å². The highest BCUT2D eigenvalue weighted by Gasteiger charge is 2.05. The van der Waals surface area contributed by atoms with Crippen molar-refractivity contribution in [1.82, 2.24) is 4.98 Å². The average molecular weight is 460 g/mol. The van der Waals surface area contributed by atoms with Crippen molar-refractivity contribution >= 4 is 35.6 Å². The fourth-order valence-electron chi connectivity index (χ4n) is 2.28. The number of rotatable bonds is 6. The lowest BCUT2D eigenvalue weighted by Gasteiger charge is -2.10. The minimum absolute atomic E-state index is 0. The van der Waals surface area contributed by atoms with Crippen molar-refractivity contribution in [2.45, 2.75) is 13.2 Å². The van der Waals surface area contributed by atoms with Crippen LogP contribution in [0.15, 0.2) is 84.0 Å². The van der Waals surface area contributed by atoms with Crippen LogP contribution in [0, 0.1) is 0 Å². The van der Waals surface area contributed by atoms with Crippen molar-refractivity contribution in [3.05, 3.63) is 90.1 Å². The molecule has 3 N–H and O–H groups in total. The molecule has 0 spiro atoms. The number of ether oxygens (including phenoxy) is 1. The molecule has 0 saturated carbocycles. The van der Waals surface area contributed by atoms with E-state index in [4.69, 9.17) is 10.5 Å². The Morgan fingerprint density at radius 1 is 0.962 bits per heavy atom. The second kappa shape index (κ2) is 10.4. The first-order valence-corrected chi connectivity index (χ1v) is 8.04. The molecule has 0 aliphatic carbocycles. The number of aromatic nitrogens is 1. The van der Waals surface area contributed by atoms with Gasteiger partial charge in [-0.3, -0.25) is 0 Å². The Labute approximate surface area is 170 Å². The van der Waals surface area contributed by atoms with Crippen LogP contribution in [0.5, 0.6) is 5.88 Å². The lowest BCUT2D eigenvalue weighted by Crippen LogP contribution is -2.22. The Bertz CT molecular complexity index is 825. The number of para-hydroxylation sites is 1. The van der Waals surface area contributed by atoms with Crippen LogP contribution in [0.1, 0.15) is 11.1 Å². The van der Waals surface area contributed by atoms with Gasteiger partial charge in [0.2, 0.25) is 5.88 Å². The third kappa shape index (κ3) is 6.03. The van der Waals surface area contributed by atoms with Crippen molar-refractivity contribution in [3.8, 4) is 5.88 Å². The van der Waals surface area contributed by atoms with E-state index in [2.05, 4.69) is 15.3 Å². The molecule has 5 nitrogen and oxygen atoms in total. The Kier molecular flexibility index (Phi) is 7.88. The molecule has 0 bridgehead atoms. The van der Waals surface area contributed by atoms with Crippen LogP contribution in [0.4, 0.5) is 5.69 Å². The SMILES string of the molecule is I.NC(=NCc1cccnc1OCc1ccccc1)Nc1ccccc1. The lowest BCUT2D eigenvalue weighted by molar-refractivity contribution is 0.290. The van der Waals surface area contributed by atoms with Crippen molar-refractivity contribution in [1.29, 1.82) is 0 Å². The number of hydrogen-bond donors (Lipinski definition) is 2. The average Bonchev–Trinajstić information content (AvgIpc) is 2.67. The van der Waals surface area contributed by atoms with Gasteiger partial charge in [0.05, 0.1) is 6.54 Å². The van der Waals surface area contributed by atoms with E-state index in [-0.39, 0.29) is 24.0 Å². The van der Waals surface area contributed by atoms with Crippen molar-refractivity contribution < 1.29 is 4.74 Å². The minimum Gasteiger partial charge on any atom is -0.473 e. The quantitative estimate of drug-likeness (QED) is 0.329. The van der Waals surface area contributed by atoms with Gasteiger partial charge in [-0.05, 0) is 23.8 Å². The summed E-state index contributed by atoms with van der Waals surface area (Å²) in [4.78, 5) is 8.67. The van der Waals surface area contributed by atoms with E-state index in [9.17, 15) is 0 Å². The van der Waals surface area contributed by atoms with Crippen LogP contribution in [0.2, 0.25) is 0 Å². The zero-order valence-electron chi connectivity index (χ0n) is 14.2. The van der Waals surface area contributed by atoms with Gasteiger partial charge in [0.15, 0.2) is 5.96 Å². The molecule has 0 unspecified atom stereocenters. The van der Waals surface area contributed by atoms with E-state index >= 15 is 0 Å². The number of anilines is 1. The summed E-state index contributed by atoms with van der Waals surface area (Å²) in [5, 5.41) is 3.06. The van der Waals surface area contributed by atoms with Crippen molar-refractivity contribution in [2.75, 3.05) is 5.32 Å². The van der Waals surface area contributed by atoms with Crippen molar-refractivity contribution in [3.63, 3.8) is 0 Å². The molecule has 0 fully saturated rings. The topological polar surface area (TPSA) is 72.5 Å². The standard InChI is InChI=1S/C20H20N4O.HI/c21-20(24-18-11-5-2-6-12-18)23-14-17-10-7-13-22-19(17)25-15-16-8-3-1-4-9-16;/h1-13H,14-15H2,(H3,21,23,24);1H. The Balaban J connectivity index is 0.00000243. The number of nitrogens with one attached hydrogen (secondary N) is 1. The highest BCUT2D eigenvalue weighted by atomic mass is 127. The monoisotopic (exact) mass is 460 g/mol. The first kappa shape index (κ1) is 19.7. The highest BCUT2D eigenvalue weighted by molar-refractivity contribution is 14.0.